The van der Waals surface area contributed by atoms with Crippen LogP contribution in [0.5, 0.6) is 0 Å². The van der Waals surface area contributed by atoms with E-state index in [9.17, 15) is 8.78 Å². The van der Waals surface area contributed by atoms with Crippen LogP contribution >= 0.6 is 0 Å². The van der Waals surface area contributed by atoms with E-state index < -0.39 is 12.0 Å². The zero-order chi connectivity index (χ0) is 7.78. The van der Waals surface area contributed by atoms with Crippen LogP contribution in [0.2, 0.25) is 0 Å². The van der Waals surface area contributed by atoms with Gasteiger partial charge >= 0.3 is 0 Å². The molecule has 0 bridgehead atoms. The maximum atomic E-state index is 12.5. The Balaban J connectivity index is 2.49. The Labute approximate surface area is 59.0 Å². The third kappa shape index (κ3) is 1.66. The smallest absolute Gasteiger partial charge is 0.248 e. The fourth-order valence-electron chi connectivity index (χ4n) is 1.35. The quantitative estimate of drug-likeness (QED) is 0.558. The Hall–Kier alpha value is -0.180. The van der Waals surface area contributed by atoms with E-state index in [1.807, 2.05) is 0 Å². The SMILES string of the molecule is C[C@H]1CC(F)(F)CC[C@@H]1O. The van der Waals surface area contributed by atoms with Gasteiger partial charge in [-0.1, -0.05) is 6.92 Å². The summed E-state index contributed by atoms with van der Waals surface area (Å²) in [6, 6.07) is 0. The van der Waals surface area contributed by atoms with Crippen LogP contribution in [-0.4, -0.2) is 17.1 Å². The average molecular weight is 150 g/mol. The molecule has 3 heteroatoms. The molecule has 60 valence electrons. The number of halogens is 2. The first-order chi connectivity index (χ1) is 4.51. The number of rotatable bonds is 0. The summed E-state index contributed by atoms with van der Waals surface area (Å²) in [5, 5.41) is 9.08. The zero-order valence-corrected chi connectivity index (χ0v) is 5.98. The van der Waals surface area contributed by atoms with Gasteiger partial charge in [-0.25, -0.2) is 8.78 Å². The molecule has 1 fully saturated rings. The summed E-state index contributed by atoms with van der Waals surface area (Å²) in [5.74, 6) is -2.78. The van der Waals surface area contributed by atoms with Crippen LogP contribution in [0.15, 0.2) is 0 Å². The summed E-state index contributed by atoms with van der Waals surface area (Å²) >= 11 is 0. The second-order valence-corrected chi connectivity index (χ2v) is 3.14. The van der Waals surface area contributed by atoms with E-state index in [1.165, 1.54) is 0 Å². The predicted octanol–water partition coefficient (Wildman–Crippen LogP) is 1.80. The van der Waals surface area contributed by atoms with Crippen molar-refractivity contribution in [2.75, 3.05) is 0 Å². The lowest BCUT2D eigenvalue weighted by atomic mass is 9.85. The average Bonchev–Trinajstić information content (AvgIpc) is 1.79. The highest BCUT2D eigenvalue weighted by Crippen LogP contribution is 2.36. The largest absolute Gasteiger partial charge is 0.393 e. The predicted molar refractivity (Wildman–Crippen MR) is 34.0 cm³/mol. The Morgan fingerprint density at radius 2 is 2.10 bits per heavy atom. The van der Waals surface area contributed by atoms with Gasteiger partial charge in [0.05, 0.1) is 6.10 Å². The molecular formula is C7H12F2O. The number of hydrogen-bond donors (Lipinski definition) is 1. The highest BCUT2D eigenvalue weighted by molar-refractivity contribution is 4.81. The summed E-state index contributed by atoms with van der Waals surface area (Å²) in [6.45, 7) is 1.66. The van der Waals surface area contributed by atoms with Gasteiger partial charge in [-0.05, 0) is 12.3 Å². The molecular weight excluding hydrogens is 138 g/mol. The summed E-state index contributed by atoms with van der Waals surface area (Å²) in [7, 11) is 0. The van der Waals surface area contributed by atoms with Crippen molar-refractivity contribution in [2.45, 2.75) is 38.2 Å². The molecule has 1 aliphatic rings. The van der Waals surface area contributed by atoms with Crippen molar-refractivity contribution in [3.05, 3.63) is 0 Å². The van der Waals surface area contributed by atoms with Gasteiger partial charge in [0.25, 0.3) is 0 Å². The van der Waals surface area contributed by atoms with Crippen LogP contribution in [0.1, 0.15) is 26.2 Å². The molecule has 0 unspecified atom stereocenters. The first-order valence-corrected chi connectivity index (χ1v) is 3.57. The second-order valence-electron chi connectivity index (χ2n) is 3.14. The number of aliphatic hydroxyl groups is 1. The second kappa shape index (κ2) is 2.46. The lowest BCUT2D eigenvalue weighted by Gasteiger charge is -2.30. The van der Waals surface area contributed by atoms with Gasteiger partial charge in [0.1, 0.15) is 0 Å². The molecule has 0 saturated heterocycles. The van der Waals surface area contributed by atoms with Crippen molar-refractivity contribution in [2.24, 2.45) is 5.92 Å². The minimum Gasteiger partial charge on any atom is -0.393 e. The van der Waals surface area contributed by atoms with Gasteiger partial charge in [-0.15, -0.1) is 0 Å². The highest BCUT2D eigenvalue weighted by Gasteiger charge is 2.38. The van der Waals surface area contributed by atoms with Crippen LogP contribution in [0.3, 0.4) is 0 Å². The fourth-order valence-corrected chi connectivity index (χ4v) is 1.35. The van der Waals surface area contributed by atoms with Crippen LogP contribution in [-0.2, 0) is 0 Å². The lowest BCUT2D eigenvalue weighted by molar-refractivity contribution is -0.0873. The van der Waals surface area contributed by atoms with Crippen molar-refractivity contribution < 1.29 is 13.9 Å². The van der Waals surface area contributed by atoms with E-state index in [0.717, 1.165) is 0 Å². The van der Waals surface area contributed by atoms with Gasteiger partial charge in [-0.2, -0.15) is 0 Å². The van der Waals surface area contributed by atoms with E-state index >= 15 is 0 Å². The molecule has 0 aliphatic heterocycles. The lowest BCUT2D eigenvalue weighted by Crippen LogP contribution is -2.33. The van der Waals surface area contributed by atoms with Gasteiger partial charge in [0.2, 0.25) is 5.92 Å². The van der Waals surface area contributed by atoms with Gasteiger partial charge < -0.3 is 5.11 Å². The van der Waals surface area contributed by atoms with Crippen molar-refractivity contribution in [1.29, 1.82) is 0 Å². The van der Waals surface area contributed by atoms with Crippen LogP contribution in [0.25, 0.3) is 0 Å². The monoisotopic (exact) mass is 150 g/mol. The number of aliphatic hydroxyl groups excluding tert-OH is 1. The van der Waals surface area contributed by atoms with Crippen LogP contribution in [0.4, 0.5) is 8.78 Å². The van der Waals surface area contributed by atoms with Crippen molar-refractivity contribution in [3.8, 4) is 0 Å². The van der Waals surface area contributed by atoms with E-state index in [4.69, 9.17) is 5.11 Å². The Morgan fingerprint density at radius 3 is 2.50 bits per heavy atom. The standard InChI is InChI=1S/C7H12F2O/c1-5-4-7(8,9)3-2-6(5)10/h5-6,10H,2-4H2,1H3/t5-,6-/m0/s1. The van der Waals surface area contributed by atoms with Crippen LogP contribution in [0, 0.1) is 5.92 Å². The number of alkyl halides is 2. The first-order valence-electron chi connectivity index (χ1n) is 3.57. The molecule has 1 rings (SSSR count). The van der Waals surface area contributed by atoms with Crippen LogP contribution < -0.4 is 0 Å². The Morgan fingerprint density at radius 1 is 1.50 bits per heavy atom. The molecule has 10 heavy (non-hydrogen) atoms. The molecule has 0 aromatic rings. The molecule has 1 nitrogen and oxygen atoms in total. The summed E-state index contributed by atoms with van der Waals surface area (Å²) < 4.78 is 25.0. The van der Waals surface area contributed by atoms with Gasteiger partial charge in [0.15, 0.2) is 0 Å². The van der Waals surface area contributed by atoms with E-state index in [-0.39, 0.29) is 25.2 Å². The Kier molecular flexibility index (Phi) is 1.95. The maximum Gasteiger partial charge on any atom is 0.248 e. The molecule has 0 spiro atoms. The first kappa shape index (κ1) is 7.92. The van der Waals surface area contributed by atoms with Crippen molar-refractivity contribution in [1.82, 2.24) is 0 Å². The van der Waals surface area contributed by atoms with Gasteiger partial charge in [-0.3, -0.25) is 0 Å². The van der Waals surface area contributed by atoms with Crippen molar-refractivity contribution >= 4 is 0 Å². The number of hydrogen-bond acceptors (Lipinski definition) is 1. The molecule has 1 aliphatic carbocycles. The molecule has 0 aromatic heterocycles. The molecule has 0 aromatic carbocycles. The maximum absolute atomic E-state index is 12.5. The van der Waals surface area contributed by atoms with Crippen molar-refractivity contribution in [3.63, 3.8) is 0 Å². The summed E-state index contributed by atoms with van der Waals surface area (Å²) in [5.41, 5.74) is 0. The normalized spacial score (nSPS) is 39.6. The molecule has 1 saturated carbocycles. The summed E-state index contributed by atoms with van der Waals surface area (Å²) in [6.07, 6.45) is -0.583. The molecule has 0 amide bonds. The van der Waals surface area contributed by atoms with E-state index in [1.54, 1.807) is 6.92 Å². The van der Waals surface area contributed by atoms with Gasteiger partial charge in [0, 0.05) is 12.8 Å². The molecule has 0 heterocycles. The molecule has 2 atom stereocenters. The third-order valence-electron chi connectivity index (χ3n) is 2.08. The molecule has 0 radical (unpaired) electrons. The molecule has 1 N–H and O–H groups in total. The van der Waals surface area contributed by atoms with E-state index in [2.05, 4.69) is 0 Å². The minimum atomic E-state index is -2.53. The highest BCUT2D eigenvalue weighted by atomic mass is 19.3. The fraction of sp³-hybridized carbons (Fsp3) is 1.00. The third-order valence-corrected chi connectivity index (χ3v) is 2.08. The summed E-state index contributed by atoms with van der Waals surface area (Å²) in [4.78, 5) is 0. The topological polar surface area (TPSA) is 20.2 Å². The Bertz CT molecular complexity index is 125. The van der Waals surface area contributed by atoms with E-state index in [0.29, 0.717) is 0 Å². The minimum absolute atomic E-state index is 0.154. The zero-order valence-electron chi connectivity index (χ0n) is 5.98.